The number of anilines is 1. The molecule has 0 unspecified atom stereocenters. The normalized spacial score (nSPS) is 14.2. The number of fused-ring (bicyclic) bond motifs is 2. The number of aryl methyl sites for hydroxylation is 1. The van der Waals surface area contributed by atoms with Crippen LogP contribution in [0.3, 0.4) is 0 Å². The number of thiophene rings is 1. The van der Waals surface area contributed by atoms with Crippen LogP contribution in [0.5, 0.6) is 0 Å². The molecule has 1 fully saturated rings. The molecule has 1 aliphatic rings. The largest absolute Gasteiger partial charge is 0.468 e. The maximum atomic E-state index is 13.1. The van der Waals surface area contributed by atoms with Gasteiger partial charge in [0.15, 0.2) is 5.16 Å². The van der Waals surface area contributed by atoms with Crippen molar-refractivity contribution < 1.29 is 18.7 Å². The van der Waals surface area contributed by atoms with Crippen LogP contribution in [0.2, 0.25) is 0 Å². The summed E-state index contributed by atoms with van der Waals surface area (Å²) >= 11 is 2.93. The van der Waals surface area contributed by atoms with Crippen LogP contribution in [0.25, 0.3) is 21.2 Å². The Hall–Kier alpha value is -3.11. The Labute approximate surface area is 204 Å². The number of hydrogen-bond acceptors (Lipinski definition) is 9. The van der Waals surface area contributed by atoms with E-state index in [9.17, 15) is 9.59 Å². The van der Waals surface area contributed by atoms with E-state index < -0.39 is 0 Å². The third-order valence-corrected chi connectivity index (χ3v) is 7.86. The Morgan fingerprint density at radius 2 is 1.97 bits per heavy atom. The van der Waals surface area contributed by atoms with E-state index in [1.54, 1.807) is 23.7 Å². The van der Waals surface area contributed by atoms with E-state index in [0.717, 1.165) is 27.8 Å². The van der Waals surface area contributed by atoms with Gasteiger partial charge in [0.25, 0.3) is 5.91 Å². The molecule has 0 atom stereocenters. The van der Waals surface area contributed by atoms with E-state index in [1.807, 2.05) is 23.1 Å². The fourth-order valence-electron chi connectivity index (χ4n) is 3.99. The predicted octanol–water partition coefficient (Wildman–Crippen LogP) is 4.23. The van der Waals surface area contributed by atoms with Gasteiger partial charge in [-0.15, -0.1) is 11.3 Å². The van der Waals surface area contributed by atoms with Gasteiger partial charge in [-0.3, -0.25) is 9.59 Å². The van der Waals surface area contributed by atoms with Gasteiger partial charge in [-0.2, -0.15) is 0 Å². The Kier molecular flexibility index (Phi) is 6.42. The van der Waals surface area contributed by atoms with Crippen LogP contribution in [0.15, 0.2) is 46.2 Å². The van der Waals surface area contributed by atoms with Gasteiger partial charge in [0.1, 0.15) is 16.2 Å². The van der Waals surface area contributed by atoms with Crippen LogP contribution in [0.4, 0.5) is 5.82 Å². The van der Waals surface area contributed by atoms with Crippen LogP contribution in [-0.2, 0) is 16.0 Å². The van der Waals surface area contributed by atoms with Crippen molar-refractivity contribution in [3.63, 3.8) is 0 Å². The summed E-state index contributed by atoms with van der Waals surface area (Å²) in [6, 6.07) is 9.61. The molecule has 176 valence electrons. The SMILES string of the molecule is CCc1cc2c(N3CCN(C(=O)c4ccc5ccoc5c4)CC3)nc(SCC(=O)OC)nc2s1. The van der Waals surface area contributed by atoms with Crippen LogP contribution < -0.4 is 4.90 Å². The molecule has 1 amide bonds. The first-order valence-electron chi connectivity index (χ1n) is 11.1. The van der Waals surface area contributed by atoms with Gasteiger partial charge >= 0.3 is 5.97 Å². The zero-order chi connectivity index (χ0) is 23.7. The third kappa shape index (κ3) is 4.47. The van der Waals surface area contributed by atoms with E-state index in [2.05, 4.69) is 22.9 Å². The molecule has 0 bridgehead atoms. The summed E-state index contributed by atoms with van der Waals surface area (Å²) in [5.74, 6) is 0.715. The van der Waals surface area contributed by atoms with E-state index in [4.69, 9.17) is 14.1 Å². The lowest BCUT2D eigenvalue weighted by atomic mass is 10.1. The van der Waals surface area contributed by atoms with E-state index in [-0.39, 0.29) is 17.6 Å². The molecule has 5 rings (SSSR count). The summed E-state index contributed by atoms with van der Waals surface area (Å²) in [4.78, 5) is 40.4. The number of carbonyl (C=O) groups excluding carboxylic acids is 2. The minimum absolute atomic E-state index is 0.00362. The summed E-state index contributed by atoms with van der Waals surface area (Å²) in [5.41, 5.74) is 1.35. The average molecular weight is 497 g/mol. The van der Waals surface area contributed by atoms with Gasteiger partial charge in [0, 0.05) is 42.0 Å². The summed E-state index contributed by atoms with van der Waals surface area (Å²) in [5, 5.41) is 2.56. The monoisotopic (exact) mass is 496 g/mol. The van der Waals surface area contributed by atoms with Crippen LogP contribution in [0, 0.1) is 0 Å². The number of hydrogen-bond donors (Lipinski definition) is 0. The summed E-state index contributed by atoms with van der Waals surface area (Å²) in [6.07, 6.45) is 2.56. The van der Waals surface area contributed by atoms with Crippen molar-refractivity contribution >= 4 is 62.0 Å². The maximum absolute atomic E-state index is 13.1. The molecule has 0 N–H and O–H groups in total. The standard InChI is InChI=1S/C24H24N4O4S2/c1-3-17-13-18-21(25-24(26-22(18)34-17)33-14-20(29)31-2)27-7-9-28(10-8-27)23(30)16-5-4-15-6-11-32-19(15)12-16/h4-6,11-13H,3,7-10,14H2,1-2H3. The number of methoxy groups -OCH3 is 1. The molecule has 0 saturated carbocycles. The van der Waals surface area contributed by atoms with Gasteiger partial charge < -0.3 is 19.0 Å². The Morgan fingerprint density at radius 1 is 1.15 bits per heavy atom. The molecule has 34 heavy (non-hydrogen) atoms. The minimum Gasteiger partial charge on any atom is -0.468 e. The van der Waals surface area contributed by atoms with Crippen LogP contribution >= 0.6 is 23.1 Å². The summed E-state index contributed by atoms with van der Waals surface area (Å²) < 4.78 is 10.2. The number of carbonyl (C=O) groups is 2. The number of piperazine rings is 1. The zero-order valence-electron chi connectivity index (χ0n) is 18.9. The van der Waals surface area contributed by atoms with E-state index >= 15 is 0 Å². The second-order valence-electron chi connectivity index (χ2n) is 7.93. The molecule has 1 aliphatic heterocycles. The van der Waals surface area contributed by atoms with Gasteiger partial charge in [0.05, 0.1) is 24.5 Å². The van der Waals surface area contributed by atoms with E-state index in [0.29, 0.717) is 42.5 Å². The second-order valence-corrected chi connectivity index (χ2v) is 9.99. The average Bonchev–Trinajstić information content (AvgIpc) is 3.52. The quantitative estimate of drug-likeness (QED) is 0.223. The highest BCUT2D eigenvalue weighted by Gasteiger charge is 2.25. The molecule has 4 heterocycles. The lowest BCUT2D eigenvalue weighted by molar-refractivity contribution is -0.137. The number of benzene rings is 1. The fourth-order valence-corrected chi connectivity index (χ4v) is 5.68. The number of nitrogens with zero attached hydrogens (tertiary/aromatic N) is 4. The first kappa shape index (κ1) is 22.7. The van der Waals surface area contributed by atoms with Crippen molar-refractivity contribution in [2.45, 2.75) is 18.5 Å². The Bertz CT molecular complexity index is 1360. The number of amides is 1. The third-order valence-electron chi connectivity index (χ3n) is 5.87. The van der Waals surface area contributed by atoms with Crippen molar-refractivity contribution in [2.75, 3.05) is 43.9 Å². The topological polar surface area (TPSA) is 88.8 Å². The molecule has 4 aromatic rings. The van der Waals surface area contributed by atoms with Crippen molar-refractivity contribution in [2.24, 2.45) is 0 Å². The van der Waals surface area contributed by atoms with Crippen molar-refractivity contribution in [3.8, 4) is 0 Å². The summed E-state index contributed by atoms with van der Waals surface area (Å²) in [7, 11) is 1.37. The van der Waals surface area contributed by atoms with Crippen molar-refractivity contribution in [3.05, 3.63) is 47.0 Å². The Balaban J connectivity index is 1.35. The number of aromatic nitrogens is 2. The van der Waals surface area contributed by atoms with E-state index in [1.165, 1.54) is 23.7 Å². The first-order chi connectivity index (χ1) is 16.6. The minimum atomic E-state index is -0.310. The number of rotatable bonds is 6. The molecule has 1 aromatic carbocycles. The molecule has 1 saturated heterocycles. The van der Waals surface area contributed by atoms with Gasteiger partial charge in [0.2, 0.25) is 0 Å². The predicted molar refractivity (Wildman–Crippen MR) is 134 cm³/mol. The highest BCUT2D eigenvalue weighted by atomic mass is 32.2. The molecule has 3 aromatic heterocycles. The fraction of sp³-hybridized carbons (Fsp3) is 0.333. The smallest absolute Gasteiger partial charge is 0.316 e. The highest BCUT2D eigenvalue weighted by molar-refractivity contribution is 7.99. The molecule has 0 aliphatic carbocycles. The van der Waals surface area contributed by atoms with Crippen molar-refractivity contribution in [1.82, 2.24) is 14.9 Å². The van der Waals surface area contributed by atoms with Gasteiger partial charge in [-0.25, -0.2) is 9.97 Å². The summed E-state index contributed by atoms with van der Waals surface area (Å²) in [6.45, 7) is 4.64. The van der Waals surface area contributed by atoms with Crippen LogP contribution in [0.1, 0.15) is 22.2 Å². The number of ether oxygens (including phenoxy) is 1. The number of furan rings is 1. The highest BCUT2D eigenvalue weighted by Crippen LogP contribution is 2.34. The Morgan fingerprint density at radius 3 is 2.74 bits per heavy atom. The molecule has 0 spiro atoms. The number of thioether (sulfide) groups is 1. The second kappa shape index (κ2) is 9.63. The lowest BCUT2D eigenvalue weighted by Crippen LogP contribution is -2.49. The molecule has 0 radical (unpaired) electrons. The van der Waals surface area contributed by atoms with Crippen molar-refractivity contribution in [1.29, 1.82) is 0 Å². The zero-order valence-corrected chi connectivity index (χ0v) is 20.6. The first-order valence-corrected chi connectivity index (χ1v) is 12.9. The maximum Gasteiger partial charge on any atom is 0.316 e. The lowest BCUT2D eigenvalue weighted by Gasteiger charge is -2.35. The molecule has 10 heteroatoms. The van der Waals surface area contributed by atoms with Gasteiger partial charge in [-0.1, -0.05) is 24.8 Å². The van der Waals surface area contributed by atoms with Gasteiger partial charge in [-0.05, 0) is 30.7 Å². The molecule has 8 nitrogen and oxygen atoms in total. The number of esters is 1. The molecular formula is C24H24N4O4S2. The van der Waals surface area contributed by atoms with Crippen LogP contribution in [-0.4, -0.2) is 65.8 Å². The molecular weight excluding hydrogens is 472 g/mol.